The standard InChI is InChI=1S/C13H21Si/c1-4-14(5-2,6-3)12-13-10-8-7-9-11-13/h7-12H,4-6H2,1-3H3. The summed E-state index contributed by atoms with van der Waals surface area (Å²) in [6, 6.07) is 17.5. The molecule has 1 radical (unpaired) electrons. The lowest BCUT2D eigenvalue weighted by molar-refractivity contribution is 1.17. The fraction of sp³-hybridized carbons (Fsp3) is 0.462. The second-order valence-corrected chi connectivity index (χ2v) is 9.11. The van der Waals surface area contributed by atoms with Gasteiger partial charge in [-0.15, -0.1) is 0 Å². The maximum absolute atomic E-state index is 2.58. The Labute approximate surface area is 89.4 Å². The van der Waals surface area contributed by atoms with E-state index in [1.54, 1.807) is 0 Å². The minimum Gasteiger partial charge on any atom is -0.0677 e. The molecule has 0 fully saturated rings. The molecule has 0 unspecified atom stereocenters. The van der Waals surface area contributed by atoms with Crippen LogP contribution in [0.25, 0.3) is 0 Å². The fourth-order valence-corrected chi connectivity index (χ4v) is 4.97. The van der Waals surface area contributed by atoms with Crippen LogP contribution in [0.15, 0.2) is 30.3 Å². The van der Waals surface area contributed by atoms with Crippen LogP contribution < -0.4 is 0 Å². The van der Waals surface area contributed by atoms with Crippen molar-refractivity contribution in [1.82, 2.24) is 0 Å². The third-order valence-electron chi connectivity index (χ3n) is 3.38. The number of hydrogen-bond donors (Lipinski definition) is 0. The molecular weight excluding hydrogens is 184 g/mol. The minimum atomic E-state index is -1.08. The summed E-state index contributed by atoms with van der Waals surface area (Å²) >= 11 is 0. The summed E-state index contributed by atoms with van der Waals surface area (Å²) in [6.45, 7) is 7.04. The van der Waals surface area contributed by atoms with E-state index in [4.69, 9.17) is 0 Å². The van der Waals surface area contributed by atoms with Gasteiger partial charge in [0.1, 0.15) is 0 Å². The average molecular weight is 205 g/mol. The lowest BCUT2D eigenvalue weighted by Gasteiger charge is -2.27. The Balaban J connectivity index is 2.74. The number of hydrogen-bond acceptors (Lipinski definition) is 0. The Morgan fingerprint density at radius 1 is 0.929 bits per heavy atom. The molecule has 77 valence electrons. The molecule has 0 aliphatic rings. The Morgan fingerprint density at radius 2 is 1.43 bits per heavy atom. The van der Waals surface area contributed by atoms with Gasteiger partial charge in [-0.05, 0) is 11.6 Å². The van der Waals surface area contributed by atoms with Crippen molar-refractivity contribution < 1.29 is 0 Å². The van der Waals surface area contributed by atoms with Gasteiger partial charge in [0.15, 0.2) is 0 Å². The van der Waals surface area contributed by atoms with Gasteiger partial charge in [0.25, 0.3) is 0 Å². The van der Waals surface area contributed by atoms with E-state index in [0.29, 0.717) is 0 Å². The first-order chi connectivity index (χ1) is 6.76. The summed E-state index contributed by atoms with van der Waals surface area (Å²) in [5.74, 6) is 0. The summed E-state index contributed by atoms with van der Waals surface area (Å²) in [7, 11) is -1.08. The van der Waals surface area contributed by atoms with Crippen LogP contribution in [0.3, 0.4) is 0 Å². The molecule has 0 saturated carbocycles. The van der Waals surface area contributed by atoms with Crippen molar-refractivity contribution in [3.05, 3.63) is 41.9 Å². The van der Waals surface area contributed by atoms with E-state index in [1.165, 1.54) is 23.7 Å². The van der Waals surface area contributed by atoms with Gasteiger partial charge in [-0.25, -0.2) is 0 Å². The van der Waals surface area contributed by atoms with Gasteiger partial charge in [-0.1, -0.05) is 69.2 Å². The molecule has 1 rings (SSSR count). The molecule has 1 aromatic rings. The summed E-state index contributed by atoms with van der Waals surface area (Å²) in [4.78, 5) is 0. The van der Waals surface area contributed by atoms with Crippen molar-refractivity contribution in [2.45, 2.75) is 38.9 Å². The lowest BCUT2D eigenvalue weighted by Crippen LogP contribution is -2.32. The van der Waals surface area contributed by atoms with Crippen LogP contribution in [0, 0.1) is 6.04 Å². The highest BCUT2D eigenvalue weighted by atomic mass is 28.3. The third kappa shape index (κ3) is 2.71. The highest BCUT2D eigenvalue weighted by molar-refractivity contribution is 6.83. The first-order valence-corrected chi connectivity index (χ1v) is 8.37. The van der Waals surface area contributed by atoms with Gasteiger partial charge in [-0.3, -0.25) is 0 Å². The third-order valence-corrected chi connectivity index (χ3v) is 8.56. The molecule has 14 heavy (non-hydrogen) atoms. The molecule has 0 nitrogen and oxygen atoms in total. The normalized spacial score (nSPS) is 11.6. The zero-order chi connectivity index (χ0) is 10.4. The molecule has 0 atom stereocenters. The molecule has 0 aromatic heterocycles. The van der Waals surface area contributed by atoms with Crippen molar-refractivity contribution in [2.75, 3.05) is 0 Å². The average Bonchev–Trinajstić information content (AvgIpc) is 2.28. The van der Waals surface area contributed by atoms with Crippen molar-refractivity contribution >= 4 is 8.07 Å². The SMILES string of the molecule is CC[Si]([CH]c1ccccc1)(CC)CC. The Bertz CT molecular complexity index is 241. The maximum atomic E-state index is 2.58. The monoisotopic (exact) mass is 205 g/mol. The maximum Gasteiger partial charge on any atom is 0.0608 e. The molecular formula is C13H21Si. The van der Waals surface area contributed by atoms with Crippen LogP contribution in [0.2, 0.25) is 18.1 Å². The number of benzene rings is 1. The van der Waals surface area contributed by atoms with Crippen LogP contribution in [-0.4, -0.2) is 8.07 Å². The topological polar surface area (TPSA) is 0 Å². The summed E-state index contributed by atoms with van der Waals surface area (Å²) in [5.41, 5.74) is 1.42. The number of rotatable bonds is 5. The van der Waals surface area contributed by atoms with E-state index in [9.17, 15) is 0 Å². The molecule has 0 bridgehead atoms. The largest absolute Gasteiger partial charge is 0.0677 e. The van der Waals surface area contributed by atoms with Gasteiger partial charge < -0.3 is 0 Å². The molecule has 1 aromatic carbocycles. The van der Waals surface area contributed by atoms with Crippen LogP contribution >= 0.6 is 0 Å². The van der Waals surface area contributed by atoms with Crippen LogP contribution in [0.4, 0.5) is 0 Å². The second kappa shape index (κ2) is 5.35. The second-order valence-electron chi connectivity index (χ2n) is 3.98. The Morgan fingerprint density at radius 3 is 1.86 bits per heavy atom. The molecule has 0 aliphatic heterocycles. The van der Waals surface area contributed by atoms with Crippen LogP contribution in [0.1, 0.15) is 26.3 Å². The highest BCUT2D eigenvalue weighted by Gasteiger charge is 2.26. The van der Waals surface area contributed by atoms with Crippen molar-refractivity contribution in [2.24, 2.45) is 0 Å². The lowest BCUT2D eigenvalue weighted by atomic mass is 10.2. The Hall–Kier alpha value is -0.563. The van der Waals surface area contributed by atoms with E-state index in [0.717, 1.165) is 0 Å². The molecule has 0 amide bonds. The van der Waals surface area contributed by atoms with Gasteiger partial charge in [0, 0.05) is 0 Å². The van der Waals surface area contributed by atoms with Crippen LogP contribution in [0.5, 0.6) is 0 Å². The van der Waals surface area contributed by atoms with Gasteiger partial charge in [0.05, 0.1) is 8.07 Å². The van der Waals surface area contributed by atoms with E-state index in [-0.39, 0.29) is 0 Å². The molecule has 0 saturated heterocycles. The van der Waals surface area contributed by atoms with Crippen molar-refractivity contribution in [1.29, 1.82) is 0 Å². The van der Waals surface area contributed by atoms with E-state index < -0.39 is 8.07 Å². The zero-order valence-corrected chi connectivity index (χ0v) is 10.6. The first-order valence-electron chi connectivity index (χ1n) is 5.67. The predicted molar refractivity (Wildman–Crippen MR) is 67.0 cm³/mol. The smallest absolute Gasteiger partial charge is 0.0608 e. The molecule has 0 heterocycles. The summed E-state index contributed by atoms with van der Waals surface area (Å²) in [6.07, 6.45) is 0. The van der Waals surface area contributed by atoms with Crippen molar-refractivity contribution in [3.63, 3.8) is 0 Å². The summed E-state index contributed by atoms with van der Waals surface area (Å²) in [5, 5.41) is 0. The molecule has 1 heteroatoms. The van der Waals surface area contributed by atoms with E-state index in [1.807, 2.05) is 0 Å². The van der Waals surface area contributed by atoms with E-state index in [2.05, 4.69) is 57.1 Å². The molecule has 0 N–H and O–H groups in total. The van der Waals surface area contributed by atoms with Gasteiger partial charge in [0.2, 0.25) is 0 Å². The molecule has 0 spiro atoms. The summed E-state index contributed by atoms with van der Waals surface area (Å²) < 4.78 is 0. The van der Waals surface area contributed by atoms with Gasteiger partial charge >= 0.3 is 0 Å². The quantitative estimate of drug-likeness (QED) is 0.629. The van der Waals surface area contributed by atoms with Crippen LogP contribution in [-0.2, 0) is 0 Å². The minimum absolute atomic E-state index is 1.08. The van der Waals surface area contributed by atoms with Gasteiger partial charge in [-0.2, -0.15) is 0 Å². The van der Waals surface area contributed by atoms with Crippen molar-refractivity contribution in [3.8, 4) is 0 Å². The predicted octanol–water partition coefficient (Wildman–Crippen LogP) is 4.29. The first kappa shape index (κ1) is 11.5. The highest BCUT2D eigenvalue weighted by Crippen LogP contribution is 2.26. The molecule has 0 aliphatic carbocycles. The zero-order valence-electron chi connectivity index (χ0n) is 9.59. The fourth-order valence-electron chi connectivity index (χ4n) is 1.96. The Kier molecular flexibility index (Phi) is 4.40. The van der Waals surface area contributed by atoms with E-state index >= 15 is 0 Å².